The zero-order chi connectivity index (χ0) is 16.8. The largest absolute Gasteiger partial charge is 0.497 e. The van der Waals surface area contributed by atoms with Gasteiger partial charge in [0, 0.05) is 30.5 Å². The third kappa shape index (κ3) is 4.55. The second kappa shape index (κ2) is 8.26. The number of nitrogens with zero attached hydrogens (tertiary/aromatic N) is 1. The molecular formula is C18H22N2O3S. The van der Waals surface area contributed by atoms with Gasteiger partial charge in [-0.1, -0.05) is 12.1 Å². The number of nitrogens with one attached hydrogen (secondary N) is 1. The quantitative estimate of drug-likeness (QED) is 0.837. The minimum Gasteiger partial charge on any atom is -0.497 e. The molecular weight excluding hydrogens is 324 g/mol. The predicted octanol–water partition coefficient (Wildman–Crippen LogP) is 3.05. The summed E-state index contributed by atoms with van der Waals surface area (Å²) in [6.07, 6.45) is 3.42. The fourth-order valence-electron chi connectivity index (χ4n) is 2.67. The van der Waals surface area contributed by atoms with Gasteiger partial charge in [-0.25, -0.2) is 4.98 Å². The van der Waals surface area contributed by atoms with Crippen molar-refractivity contribution in [3.05, 3.63) is 35.3 Å². The van der Waals surface area contributed by atoms with Crippen molar-refractivity contribution in [3.8, 4) is 16.3 Å². The van der Waals surface area contributed by atoms with Crippen LogP contribution in [0.4, 0.5) is 0 Å². The van der Waals surface area contributed by atoms with E-state index >= 15 is 0 Å². The van der Waals surface area contributed by atoms with Crippen molar-refractivity contribution in [1.82, 2.24) is 10.3 Å². The first-order valence-electron chi connectivity index (χ1n) is 8.22. The normalized spacial score (nSPS) is 17.0. The van der Waals surface area contributed by atoms with E-state index in [2.05, 4.69) is 10.3 Å². The molecule has 0 aliphatic carbocycles. The van der Waals surface area contributed by atoms with Crippen molar-refractivity contribution in [2.24, 2.45) is 0 Å². The summed E-state index contributed by atoms with van der Waals surface area (Å²) in [6, 6.07) is 7.85. The van der Waals surface area contributed by atoms with Crippen LogP contribution in [0.2, 0.25) is 0 Å². The Morgan fingerprint density at radius 1 is 1.50 bits per heavy atom. The van der Waals surface area contributed by atoms with Gasteiger partial charge in [0.25, 0.3) is 0 Å². The van der Waals surface area contributed by atoms with Crippen LogP contribution in [-0.2, 0) is 16.0 Å². The van der Waals surface area contributed by atoms with Gasteiger partial charge in [0.05, 0.1) is 18.9 Å². The number of hydrogen-bond acceptors (Lipinski definition) is 5. The minimum atomic E-state index is 0.0569. The van der Waals surface area contributed by atoms with Gasteiger partial charge in [-0.15, -0.1) is 11.3 Å². The van der Waals surface area contributed by atoms with Gasteiger partial charge < -0.3 is 14.8 Å². The molecule has 24 heavy (non-hydrogen) atoms. The molecule has 3 rings (SSSR count). The Balaban J connectivity index is 1.49. The van der Waals surface area contributed by atoms with E-state index in [-0.39, 0.29) is 12.0 Å². The Labute approximate surface area is 146 Å². The first-order valence-corrected chi connectivity index (χ1v) is 9.09. The maximum atomic E-state index is 11.9. The maximum absolute atomic E-state index is 11.9. The summed E-state index contributed by atoms with van der Waals surface area (Å²) < 4.78 is 10.7. The number of benzene rings is 1. The summed E-state index contributed by atoms with van der Waals surface area (Å²) in [5.74, 6) is 0.874. The first kappa shape index (κ1) is 16.9. The van der Waals surface area contributed by atoms with Crippen LogP contribution in [0.25, 0.3) is 10.6 Å². The number of thiazole rings is 1. The summed E-state index contributed by atoms with van der Waals surface area (Å²) in [6.45, 7) is 1.43. The van der Waals surface area contributed by atoms with E-state index in [1.807, 2.05) is 29.6 Å². The Morgan fingerprint density at radius 3 is 3.21 bits per heavy atom. The van der Waals surface area contributed by atoms with Gasteiger partial charge in [0.2, 0.25) is 5.91 Å². The lowest BCUT2D eigenvalue weighted by Crippen LogP contribution is -2.31. The fourth-order valence-corrected chi connectivity index (χ4v) is 3.52. The Hall–Kier alpha value is -1.92. The smallest absolute Gasteiger partial charge is 0.220 e. The molecule has 0 bridgehead atoms. The Kier molecular flexibility index (Phi) is 5.82. The second-order valence-electron chi connectivity index (χ2n) is 5.82. The van der Waals surface area contributed by atoms with Crippen LogP contribution in [0.5, 0.6) is 5.75 Å². The highest BCUT2D eigenvalue weighted by molar-refractivity contribution is 7.13. The summed E-state index contributed by atoms with van der Waals surface area (Å²) in [5.41, 5.74) is 1.98. The fraction of sp³-hybridized carbons (Fsp3) is 0.444. The Bertz CT molecular complexity index is 680. The van der Waals surface area contributed by atoms with E-state index in [1.54, 1.807) is 18.4 Å². The van der Waals surface area contributed by atoms with Gasteiger partial charge in [0.15, 0.2) is 0 Å². The molecule has 1 amide bonds. The number of methoxy groups -OCH3 is 1. The minimum absolute atomic E-state index is 0.0569. The highest BCUT2D eigenvalue weighted by atomic mass is 32.1. The van der Waals surface area contributed by atoms with Crippen molar-refractivity contribution in [2.45, 2.75) is 31.8 Å². The number of carbonyl (C=O) groups is 1. The summed E-state index contributed by atoms with van der Waals surface area (Å²) in [5, 5.41) is 5.91. The molecule has 1 aromatic carbocycles. The number of amides is 1. The van der Waals surface area contributed by atoms with Crippen molar-refractivity contribution in [3.63, 3.8) is 0 Å². The van der Waals surface area contributed by atoms with Crippen molar-refractivity contribution in [2.75, 3.05) is 20.3 Å². The average Bonchev–Trinajstić information content (AvgIpc) is 3.30. The van der Waals surface area contributed by atoms with Gasteiger partial charge >= 0.3 is 0 Å². The van der Waals surface area contributed by atoms with Crippen molar-refractivity contribution >= 4 is 17.2 Å². The van der Waals surface area contributed by atoms with E-state index in [0.717, 1.165) is 41.5 Å². The van der Waals surface area contributed by atoms with Crippen LogP contribution in [0.3, 0.4) is 0 Å². The zero-order valence-electron chi connectivity index (χ0n) is 13.8. The molecule has 1 fully saturated rings. The number of carbonyl (C=O) groups excluding carboxylic acids is 1. The molecule has 1 aromatic heterocycles. The van der Waals surface area contributed by atoms with Crippen LogP contribution in [-0.4, -0.2) is 37.3 Å². The average molecular weight is 346 g/mol. The molecule has 0 saturated carbocycles. The Morgan fingerprint density at radius 2 is 2.42 bits per heavy atom. The molecule has 0 radical (unpaired) electrons. The van der Waals surface area contributed by atoms with Gasteiger partial charge in [-0.2, -0.15) is 0 Å². The monoisotopic (exact) mass is 346 g/mol. The number of hydrogen-bond donors (Lipinski definition) is 1. The molecule has 128 valence electrons. The molecule has 1 saturated heterocycles. The first-order chi connectivity index (χ1) is 11.7. The van der Waals surface area contributed by atoms with E-state index < -0.39 is 0 Å². The third-order valence-electron chi connectivity index (χ3n) is 4.03. The standard InChI is InChI=1S/C18H22N2O3S/c1-22-15-5-2-4-13(10-15)18-20-14(12-24-18)7-8-17(21)19-11-16-6-3-9-23-16/h2,4-5,10,12,16H,3,6-9,11H2,1H3,(H,19,21). The highest BCUT2D eigenvalue weighted by Gasteiger charge is 2.16. The van der Waals surface area contributed by atoms with Crippen LogP contribution in [0, 0.1) is 0 Å². The lowest BCUT2D eigenvalue weighted by Gasteiger charge is -2.10. The molecule has 1 atom stereocenters. The van der Waals surface area contributed by atoms with Crippen LogP contribution >= 0.6 is 11.3 Å². The van der Waals surface area contributed by atoms with Crippen LogP contribution in [0.1, 0.15) is 25.0 Å². The molecule has 1 aliphatic rings. The van der Waals surface area contributed by atoms with Gasteiger partial charge in [-0.05, 0) is 31.4 Å². The molecule has 6 heteroatoms. The third-order valence-corrected chi connectivity index (χ3v) is 4.97. The molecule has 1 unspecified atom stereocenters. The lowest BCUT2D eigenvalue weighted by molar-refractivity contribution is -0.121. The number of aryl methyl sites for hydroxylation is 1. The zero-order valence-corrected chi connectivity index (χ0v) is 14.6. The van der Waals surface area contributed by atoms with E-state index in [0.29, 0.717) is 19.4 Å². The molecule has 0 spiro atoms. The molecule has 1 N–H and O–H groups in total. The number of rotatable bonds is 7. The summed E-state index contributed by atoms with van der Waals surface area (Å²) >= 11 is 1.59. The second-order valence-corrected chi connectivity index (χ2v) is 6.67. The SMILES string of the molecule is COc1cccc(-c2nc(CCC(=O)NCC3CCCO3)cs2)c1. The summed E-state index contributed by atoms with van der Waals surface area (Å²) in [4.78, 5) is 16.5. The lowest BCUT2D eigenvalue weighted by atomic mass is 10.2. The van der Waals surface area contributed by atoms with Crippen LogP contribution in [0.15, 0.2) is 29.6 Å². The van der Waals surface area contributed by atoms with Gasteiger partial charge in [-0.3, -0.25) is 4.79 Å². The molecule has 2 aromatic rings. The van der Waals surface area contributed by atoms with E-state index in [1.165, 1.54) is 0 Å². The summed E-state index contributed by atoms with van der Waals surface area (Å²) in [7, 11) is 1.65. The molecule has 5 nitrogen and oxygen atoms in total. The molecule has 2 heterocycles. The highest BCUT2D eigenvalue weighted by Crippen LogP contribution is 2.27. The van der Waals surface area contributed by atoms with Crippen LogP contribution < -0.4 is 10.1 Å². The predicted molar refractivity (Wildman–Crippen MR) is 94.4 cm³/mol. The molecule has 1 aliphatic heterocycles. The van der Waals surface area contributed by atoms with E-state index in [9.17, 15) is 4.79 Å². The topological polar surface area (TPSA) is 60.5 Å². The van der Waals surface area contributed by atoms with Crippen molar-refractivity contribution in [1.29, 1.82) is 0 Å². The van der Waals surface area contributed by atoms with Crippen molar-refractivity contribution < 1.29 is 14.3 Å². The number of aromatic nitrogens is 1. The van der Waals surface area contributed by atoms with Gasteiger partial charge in [0.1, 0.15) is 10.8 Å². The number of ether oxygens (including phenoxy) is 2. The van der Waals surface area contributed by atoms with E-state index in [4.69, 9.17) is 9.47 Å². The maximum Gasteiger partial charge on any atom is 0.220 e.